The second-order valence-corrected chi connectivity index (χ2v) is 1.96. The van der Waals surface area contributed by atoms with Gasteiger partial charge in [-0.25, -0.2) is 9.78 Å². The Morgan fingerprint density at radius 3 is 1.58 bits per heavy atom. The number of hydrogen-bond acceptors (Lipinski definition) is 4. The summed E-state index contributed by atoms with van der Waals surface area (Å²) in [6.45, 7) is 1.56. The number of carboxylic acids is 2. The van der Waals surface area contributed by atoms with Crippen LogP contribution in [0.15, 0.2) is 0 Å². The van der Waals surface area contributed by atoms with Crippen LogP contribution in [0.5, 0.6) is 0 Å². The monoisotopic (exact) mass is 178 g/mol. The van der Waals surface area contributed by atoms with Gasteiger partial charge in [-0.05, 0) is 0 Å². The highest BCUT2D eigenvalue weighted by Gasteiger charge is 2.01. The number of rotatable bonds is 2. The summed E-state index contributed by atoms with van der Waals surface area (Å²) in [6.07, 6.45) is 0.250. The van der Waals surface area contributed by atoms with E-state index in [0.717, 1.165) is 19.6 Å². The van der Waals surface area contributed by atoms with Gasteiger partial charge in [-0.3, -0.25) is 9.59 Å². The highest BCUT2D eigenvalue weighted by molar-refractivity contribution is 5.88. The van der Waals surface area contributed by atoms with Crippen molar-refractivity contribution in [1.82, 2.24) is 0 Å². The molecule has 0 atom stereocenters. The average molecular weight is 178 g/mol. The van der Waals surface area contributed by atoms with Crippen LogP contribution in [0, 0.1) is 0 Å². The first-order valence-electron chi connectivity index (χ1n) is 3.31. The summed E-state index contributed by atoms with van der Waals surface area (Å²) in [5.74, 6) is -2.62. The maximum absolute atomic E-state index is 9.43. The molecule has 1 heterocycles. The molecule has 6 nitrogen and oxygen atoms in total. The van der Waals surface area contributed by atoms with Gasteiger partial charge >= 0.3 is 11.9 Å². The van der Waals surface area contributed by atoms with Gasteiger partial charge in [0.05, 0.1) is 13.2 Å². The zero-order valence-electron chi connectivity index (χ0n) is 6.36. The fourth-order valence-corrected chi connectivity index (χ4v) is 0.424. The quantitative estimate of drug-likeness (QED) is 0.452. The first kappa shape index (κ1) is 10.9. The van der Waals surface area contributed by atoms with Crippen molar-refractivity contribution in [3.63, 3.8) is 0 Å². The lowest BCUT2D eigenvalue weighted by molar-refractivity contribution is -0.248. The molecule has 0 saturated carbocycles. The first-order chi connectivity index (χ1) is 5.63. The van der Waals surface area contributed by atoms with E-state index in [4.69, 9.17) is 10.2 Å². The van der Waals surface area contributed by atoms with Crippen molar-refractivity contribution in [3.05, 3.63) is 0 Å². The molecule has 2 N–H and O–H groups in total. The normalized spacial score (nSPS) is 14.7. The smallest absolute Gasteiger partial charge is 0.314 e. The molecular weight excluding hydrogens is 168 g/mol. The molecule has 0 aromatic carbocycles. The van der Waals surface area contributed by atoms with Gasteiger partial charge in [0.25, 0.3) is 0 Å². The van der Waals surface area contributed by atoms with Gasteiger partial charge in [-0.2, -0.15) is 0 Å². The van der Waals surface area contributed by atoms with Crippen molar-refractivity contribution in [2.75, 3.05) is 13.2 Å². The van der Waals surface area contributed by atoms with Crippen molar-refractivity contribution in [2.24, 2.45) is 0 Å². The average Bonchev–Trinajstić information content (AvgIpc) is 2.36. The topological polar surface area (TPSA) is 93.1 Å². The van der Waals surface area contributed by atoms with E-state index in [9.17, 15) is 9.59 Å². The third-order valence-corrected chi connectivity index (χ3v) is 0.841. The van der Waals surface area contributed by atoms with Gasteiger partial charge in [0.2, 0.25) is 0 Å². The van der Waals surface area contributed by atoms with Crippen molar-refractivity contribution in [2.45, 2.75) is 12.8 Å². The molecule has 0 aromatic heterocycles. The van der Waals surface area contributed by atoms with Crippen LogP contribution >= 0.6 is 0 Å². The fraction of sp³-hybridized carbons (Fsp3) is 0.667. The van der Waals surface area contributed by atoms with E-state index in [2.05, 4.69) is 9.78 Å². The minimum absolute atomic E-state index is 0.778. The van der Waals surface area contributed by atoms with Crippen LogP contribution in [0.4, 0.5) is 0 Å². The van der Waals surface area contributed by atoms with Crippen molar-refractivity contribution < 1.29 is 29.6 Å². The Morgan fingerprint density at radius 2 is 1.50 bits per heavy atom. The summed E-state index contributed by atoms with van der Waals surface area (Å²) in [5.41, 5.74) is 0. The minimum Gasteiger partial charge on any atom is -0.481 e. The van der Waals surface area contributed by atoms with Gasteiger partial charge in [-0.15, -0.1) is 0 Å². The molecule has 1 rings (SSSR count). The number of carboxylic acid groups (broad SMARTS) is 2. The molecule has 1 fully saturated rings. The summed E-state index contributed by atoms with van der Waals surface area (Å²) in [4.78, 5) is 27.7. The lowest BCUT2D eigenvalue weighted by Crippen LogP contribution is -2.03. The van der Waals surface area contributed by atoms with Crippen LogP contribution < -0.4 is 0 Å². The van der Waals surface area contributed by atoms with Gasteiger partial charge in [-0.1, -0.05) is 0 Å². The van der Waals surface area contributed by atoms with E-state index >= 15 is 0 Å². The Hall–Kier alpha value is -1.14. The van der Waals surface area contributed by atoms with E-state index in [1.807, 2.05) is 0 Å². The van der Waals surface area contributed by atoms with Crippen LogP contribution in [0.1, 0.15) is 12.8 Å². The molecule has 6 heteroatoms. The van der Waals surface area contributed by atoms with Crippen molar-refractivity contribution >= 4 is 11.9 Å². The Balaban J connectivity index is 0.000000211. The third kappa shape index (κ3) is 8.86. The Morgan fingerprint density at radius 1 is 1.08 bits per heavy atom. The molecular formula is C6H10O6. The highest BCUT2D eigenvalue weighted by atomic mass is 17.2. The van der Waals surface area contributed by atoms with E-state index in [0.29, 0.717) is 0 Å². The largest absolute Gasteiger partial charge is 0.481 e. The van der Waals surface area contributed by atoms with Crippen LogP contribution in [-0.4, -0.2) is 35.4 Å². The fourth-order valence-electron chi connectivity index (χ4n) is 0.424. The summed E-state index contributed by atoms with van der Waals surface area (Å²) < 4.78 is 0. The van der Waals surface area contributed by atoms with Crippen molar-refractivity contribution in [3.8, 4) is 0 Å². The van der Waals surface area contributed by atoms with Gasteiger partial charge < -0.3 is 10.2 Å². The molecule has 0 aromatic rings. The molecule has 70 valence electrons. The van der Waals surface area contributed by atoms with Crippen LogP contribution in [0.25, 0.3) is 0 Å². The molecule has 12 heavy (non-hydrogen) atoms. The molecule has 0 bridgehead atoms. The number of hydrogen-bond donors (Lipinski definition) is 2. The molecule has 1 saturated heterocycles. The van der Waals surface area contributed by atoms with Gasteiger partial charge in [0, 0.05) is 6.42 Å². The second kappa shape index (κ2) is 6.56. The molecule has 0 spiro atoms. The molecule has 1 aliphatic heterocycles. The standard InChI is InChI=1S/C3H4O4.C3H6O2/c4-2(5)1-3(6)7;1-2-4-5-3-1/h1H2,(H,4,5)(H,6,7);1-3H2. The summed E-state index contributed by atoms with van der Waals surface area (Å²) in [7, 11) is 0. The molecule has 0 unspecified atom stereocenters. The first-order valence-corrected chi connectivity index (χ1v) is 3.31. The van der Waals surface area contributed by atoms with E-state index < -0.39 is 18.4 Å². The summed E-state index contributed by atoms with van der Waals surface area (Å²) in [6, 6.07) is 0. The SMILES string of the molecule is C1COOC1.O=C(O)CC(=O)O. The second-order valence-electron chi connectivity index (χ2n) is 1.96. The maximum Gasteiger partial charge on any atom is 0.314 e. The Labute approximate surface area is 68.6 Å². The molecule has 0 amide bonds. The van der Waals surface area contributed by atoms with Crippen LogP contribution in [0.3, 0.4) is 0 Å². The Kier molecular flexibility index (Phi) is 5.94. The van der Waals surface area contributed by atoms with E-state index in [-0.39, 0.29) is 0 Å². The zero-order valence-corrected chi connectivity index (χ0v) is 6.36. The Bertz CT molecular complexity index is 131. The number of carbonyl (C=O) groups is 2. The summed E-state index contributed by atoms with van der Waals surface area (Å²) in [5, 5.41) is 15.4. The predicted molar refractivity (Wildman–Crippen MR) is 36.4 cm³/mol. The van der Waals surface area contributed by atoms with Crippen molar-refractivity contribution in [1.29, 1.82) is 0 Å². The maximum atomic E-state index is 9.43. The van der Waals surface area contributed by atoms with E-state index in [1.54, 1.807) is 0 Å². The van der Waals surface area contributed by atoms with Gasteiger partial charge in [0.15, 0.2) is 0 Å². The molecule has 0 aliphatic carbocycles. The summed E-state index contributed by atoms with van der Waals surface area (Å²) >= 11 is 0. The minimum atomic E-state index is -1.31. The zero-order chi connectivity index (χ0) is 9.40. The molecule has 1 aliphatic rings. The van der Waals surface area contributed by atoms with Gasteiger partial charge in [0.1, 0.15) is 6.42 Å². The highest BCUT2D eigenvalue weighted by Crippen LogP contribution is 1.93. The lowest BCUT2D eigenvalue weighted by Gasteiger charge is -1.80. The lowest BCUT2D eigenvalue weighted by atomic mass is 10.5. The third-order valence-electron chi connectivity index (χ3n) is 0.841. The van der Waals surface area contributed by atoms with Crippen LogP contribution in [0.2, 0.25) is 0 Å². The van der Waals surface area contributed by atoms with E-state index in [1.165, 1.54) is 0 Å². The molecule has 0 radical (unpaired) electrons. The van der Waals surface area contributed by atoms with Crippen LogP contribution in [-0.2, 0) is 19.4 Å². The number of aliphatic carboxylic acids is 2. The predicted octanol–water partition coefficient (Wildman–Crippen LogP) is -0.116.